The molecule has 1 aromatic rings. The molecule has 0 aliphatic heterocycles. The van der Waals surface area contributed by atoms with Crippen molar-refractivity contribution < 1.29 is 9.53 Å². The second-order valence-electron chi connectivity index (χ2n) is 3.51. The third kappa shape index (κ3) is 4.75. The van der Waals surface area contributed by atoms with Crippen LogP contribution in [-0.2, 0) is 16.1 Å². The first kappa shape index (κ1) is 12.5. The second kappa shape index (κ2) is 6.80. The zero-order chi connectivity index (χ0) is 11.8. The average Bonchev–Trinajstić information content (AvgIpc) is 2.27. The molecular weight excluding hydrogens is 202 g/mol. The highest BCUT2D eigenvalue weighted by Gasteiger charge is 1.91. The van der Waals surface area contributed by atoms with Crippen LogP contribution < -0.4 is 5.32 Å². The lowest BCUT2D eigenvalue weighted by molar-refractivity contribution is -0.118. The highest BCUT2D eigenvalue weighted by atomic mass is 16.5. The van der Waals surface area contributed by atoms with E-state index < -0.39 is 0 Å². The first-order valence-corrected chi connectivity index (χ1v) is 5.21. The van der Waals surface area contributed by atoms with Gasteiger partial charge in [0.1, 0.15) is 0 Å². The van der Waals surface area contributed by atoms with Crippen LogP contribution in [0.1, 0.15) is 18.1 Å². The van der Waals surface area contributed by atoms with Crippen LogP contribution in [0.3, 0.4) is 0 Å². The number of carbonyl (C=O) groups is 1. The standard InChI is InChI=1S/C13H17NO2/c1-11(15)14-9-3-4-12-5-7-13(8-6-12)10-16-2/h3-8H,9-10H2,1-2H3,(H,14,15). The Bertz CT molecular complexity index is 355. The minimum atomic E-state index is -0.0138. The molecule has 0 aromatic heterocycles. The van der Waals surface area contributed by atoms with Gasteiger partial charge in [-0.05, 0) is 11.1 Å². The van der Waals surface area contributed by atoms with Gasteiger partial charge in [0.2, 0.25) is 5.91 Å². The Morgan fingerprint density at radius 3 is 2.62 bits per heavy atom. The number of methoxy groups -OCH3 is 1. The van der Waals surface area contributed by atoms with Crippen molar-refractivity contribution in [1.82, 2.24) is 5.32 Å². The summed E-state index contributed by atoms with van der Waals surface area (Å²) in [4.78, 5) is 10.6. The van der Waals surface area contributed by atoms with E-state index in [1.165, 1.54) is 6.92 Å². The lowest BCUT2D eigenvalue weighted by Gasteiger charge is -2.00. The maximum Gasteiger partial charge on any atom is 0.217 e. The molecule has 0 bridgehead atoms. The fourth-order valence-electron chi connectivity index (χ4n) is 1.29. The smallest absolute Gasteiger partial charge is 0.217 e. The molecule has 0 saturated heterocycles. The third-order valence-electron chi connectivity index (χ3n) is 2.07. The molecule has 0 heterocycles. The maximum atomic E-state index is 10.6. The maximum absolute atomic E-state index is 10.6. The topological polar surface area (TPSA) is 38.3 Å². The molecule has 3 nitrogen and oxygen atoms in total. The van der Waals surface area contributed by atoms with Crippen molar-refractivity contribution in [2.24, 2.45) is 0 Å². The number of rotatable bonds is 5. The van der Waals surface area contributed by atoms with Gasteiger partial charge in [-0.25, -0.2) is 0 Å². The molecule has 16 heavy (non-hydrogen) atoms. The molecule has 1 rings (SSSR count). The monoisotopic (exact) mass is 219 g/mol. The second-order valence-corrected chi connectivity index (χ2v) is 3.51. The molecule has 0 atom stereocenters. The molecule has 0 unspecified atom stereocenters. The molecule has 1 aromatic carbocycles. The van der Waals surface area contributed by atoms with Gasteiger partial charge in [-0.2, -0.15) is 0 Å². The van der Waals surface area contributed by atoms with Gasteiger partial charge >= 0.3 is 0 Å². The van der Waals surface area contributed by atoms with Gasteiger partial charge in [0.25, 0.3) is 0 Å². The van der Waals surface area contributed by atoms with Crippen molar-refractivity contribution in [3.8, 4) is 0 Å². The van der Waals surface area contributed by atoms with Crippen molar-refractivity contribution in [3.63, 3.8) is 0 Å². The van der Waals surface area contributed by atoms with E-state index in [1.54, 1.807) is 7.11 Å². The summed E-state index contributed by atoms with van der Waals surface area (Å²) in [5, 5.41) is 2.70. The summed E-state index contributed by atoms with van der Waals surface area (Å²) in [5.74, 6) is -0.0138. The van der Waals surface area contributed by atoms with Gasteiger partial charge in [-0.3, -0.25) is 4.79 Å². The molecule has 0 fully saturated rings. The summed E-state index contributed by atoms with van der Waals surface area (Å²) >= 11 is 0. The fourth-order valence-corrected chi connectivity index (χ4v) is 1.29. The van der Waals surface area contributed by atoms with E-state index in [-0.39, 0.29) is 5.91 Å². The largest absolute Gasteiger partial charge is 0.380 e. The van der Waals surface area contributed by atoms with Crippen molar-refractivity contribution >= 4 is 12.0 Å². The van der Waals surface area contributed by atoms with Gasteiger partial charge in [-0.1, -0.05) is 36.4 Å². The highest BCUT2D eigenvalue weighted by Crippen LogP contribution is 2.06. The summed E-state index contributed by atoms with van der Waals surface area (Å²) in [7, 11) is 1.68. The molecule has 0 radical (unpaired) electrons. The highest BCUT2D eigenvalue weighted by molar-refractivity contribution is 5.73. The minimum absolute atomic E-state index is 0.0138. The number of carbonyl (C=O) groups excluding carboxylic acids is 1. The summed E-state index contributed by atoms with van der Waals surface area (Å²) in [6.45, 7) is 2.71. The average molecular weight is 219 g/mol. The Morgan fingerprint density at radius 1 is 1.38 bits per heavy atom. The molecule has 86 valence electrons. The molecule has 0 saturated carbocycles. The van der Waals surface area contributed by atoms with Gasteiger partial charge in [0.05, 0.1) is 6.61 Å². The quantitative estimate of drug-likeness (QED) is 0.822. The number of hydrogen-bond donors (Lipinski definition) is 1. The normalized spacial score (nSPS) is 10.6. The van der Waals surface area contributed by atoms with E-state index in [1.807, 2.05) is 36.4 Å². The number of hydrogen-bond acceptors (Lipinski definition) is 2. The zero-order valence-corrected chi connectivity index (χ0v) is 9.69. The molecule has 0 spiro atoms. The first-order valence-electron chi connectivity index (χ1n) is 5.21. The minimum Gasteiger partial charge on any atom is -0.380 e. The summed E-state index contributed by atoms with van der Waals surface area (Å²) < 4.78 is 5.03. The van der Waals surface area contributed by atoms with E-state index in [9.17, 15) is 4.79 Å². The van der Waals surface area contributed by atoms with Gasteiger partial charge in [0.15, 0.2) is 0 Å². The Labute approximate surface area is 96.1 Å². The number of amides is 1. The van der Waals surface area contributed by atoms with Crippen molar-refractivity contribution in [1.29, 1.82) is 0 Å². The van der Waals surface area contributed by atoms with Crippen molar-refractivity contribution in [2.75, 3.05) is 13.7 Å². The van der Waals surface area contributed by atoms with Crippen LogP contribution in [0.2, 0.25) is 0 Å². The van der Waals surface area contributed by atoms with Crippen LogP contribution in [0, 0.1) is 0 Å². The number of nitrogens with one attached hydrogen (secondary N) is 1. The van der Waals surface area contributed by atoms with E-state index in [0.717, 1.165) is 11.1 Å². The van der Waals surface area contributed by atoms with Crippen LogP contribution in [0.25, 0.3) is 6.08 Å². The summed E-state index contributed by atoms with van der Waals surface area (Å²) in [6.07, 6.45) is 3.90. The Morgan fingerprint density at radius 2 is 2.06 bits per heavy atom. The Balaban J connectivity index is 2.45. The Hall–Kier alpha value is -1.61. The summed E-state index contributed by atoms with van der Waals surface area (Å²) in [6, 6.07) is 8.11. The lowest BCUT2D eigenvalue weighted by Crippen LogP contribution is -2.19. The molecule has 3 heteroatoms. The number of ether oxygens (including phenoxy) is 1. The van der Waals surface area contributed by atoms with Crippen LogP contribution >= 0.6 is 0 Å². The third-order valence-corrected chi connectivity index (χ3v) is 2.07. The first-order chi connectivity index (χ1) is 7.72. The molecule has 0 aliphatic carbocycles. The Kier molecular flexibility index (Phi) is 5.29. The molecule has 1 amide bonds. The predicted molar refractivity (Wildman–Crippen MR) is 64.9 cm³/mol. The molecule has 1 N–H and O–H groups in total. The van der Waals surface area contributed by atoms with Crippen LogP contribution in [-0.4, -0.2) is 19.6 Å². The van der Waals surface area contributed by atoms with Crippen molar-refractivity contribution in [3.05, 3.63) is 41.5 Å². The van der Waals surface area contributed by atoms with Crippen LogP contribution in [0.15, 0.2) is 30.3 Å². The van der Waals surface area contributed by atoms with Gasteiger partial charge in [0, 0.05) is 20.6 Å². The van der Waals surface area contributed by atoms with Crippen molar-refractivity contribution in [2.45, 2.75) is 13.5 Å². The SMILES string of the molecule is COCc1ccc(C=CCNC(C)=O)cc1. The van der Waals surface area contributed by atoms with E-state index in [2.05, 4.69) is 5.32 Å². The predicted octanol–water partition coefficient (Wildman–Crippen LogP) is 1.98. The fraction of sp³-hybridized carbons (Fsp3) is 0.308. The van der Waals surface area contributed by atoms with E-state index in [0.29, 0.717) is 13.2 Å². The molecule has 0 aliphatic rings. The lowest BCUT2D eigenvalue weighted by atomic mass is 10.1. The van der Waals surface area contributed by atoms with Gasteiger partial charge < -0.3 is 10.1 Å². The molecular formula is C13H17NO2. The number of benzene rings is 1. The van der Waals surface area contributed by atoms with Crippen LogP contribution in [0.4, 0.5) is 0 Å². The van der Waals surface area contributed by atoms with E-state index >= 15 is 0 Å². The summed E-state index contributed by atoms with van der Waals surface area (Å²) in [5.41, 5.74) is 2.27. The van der Waals surface area contributed by atoms with Gasteiger partial charge in [-0.15, -0.1) is 0 Å². The zero-order valence-electron chi connectivity index (χ0n) is 9.69. The van der Waals surface area contributed by atoms with Crippen LogP contribution in [0.5, 0.6) is 0 Å². The van der Waals surface area contributed by atoms with E-state index in [4.69, 9.17) is 4.74 Å².